The molecule has 0 spiro atoms. The van der Waals surface area contributed by atoms with Gasteiger partial charge in [-0.3, -0.25) is 9.59 Å². The second kappa shape index (κ2) is 10.7. The number of carbonyl (C=O) groups is 3. The lowest BCUT2D eigenvalue weighted by Gasteiger charge is -2.32. The molecule has 1 atom stereocenters. The van der Waals surface area contributed by atoms with Crippen LogP contribution in [0.15, 0.2) is 9.64 Å². The Balaban J connectivity index is 2.18. The van der Waals surface area contributed by atoms with Crippen molar-refractivity contribution in [1.82, 2.24) is 20.8 Å². The fourth-order valence-corrected chi connectivity index (χ4v) is 4.21. The Morgan fingerprint density at radius 2 is 1.75 bits per heavy atom. The average Bonchev–Trinajstić information content (AvgIpc) is 3.28. The van der Waals surface area contributed by atoms with E-state index in [0.717, 1.165) is 12.8 Å². The quantitative estimate of drug-likeness (QED) is 0.410. The highest BCUT2D eigenvalue weighted by molar-refractivity contribution is 7.99. The second-order valence-electron chi connectivity index (χ2n) is 9.98. The van der Waals surface area contributed by atoms with E-state index in [1.807, 2.05) is 27.7 Å². The van der Waals surface area contributed by atoms with Crippen LogP contribution in [-0.4, -0.2) is 50.4 Å². The van der Waals surface area contributed by atoms with Crippen LogP contribution in [0.2, 0.25) is 0 Å². The summed E-state index contributed by atoms with van der Waals surface area (Å²) in [6.45, 7) is 13.2. The molecule has 0 saturated heterocycles. The Morgan fingerprint density at radius 3 is 2.28 bits per heavy atom. The molecule has 180 valence electrons. The van der Waals surface area contributed by atoms with Crippen molar-refractivity contribution >= 4 is 29.5 Å². The second-order valence-corrected chi connectivity index (χ2v) is 11.5. The molecule has 0 unspecified atom stereocenters. The zero-order chi connectivity index (χ0) is 24.1. The number of alkyl carbamates (subject to hydrolysis) is 1. The number of carbonyl (C=O) groups excluding carboxylic acids is 3. The molecule has 32 heavy (non-hydrogen) atoms. The molecule has 0 aliphatic heterocycles. The maximum absolute atomic E-state index is 13.3. The molecule has 1 aliphatic carbocycles. The topological polar surface area (TPSA) is 123 Å². The van der Waals surface area contributed by atoms with Crippen LogP contribution in [0.5, 0.6) is 0 Å². The summed E-state index contributed by atoms with van der Waals surface area (Å²) in [5, 5.41) is 14.0. The van der Waals surface area contributed by atoms with Crippen molar-refractivity contribution in [2.24, 2.45) is 5.92 Å². The molecule has 2 amide bonds. The number of nitrogens with one attached hydrogen (secondary N) is 2. The lowest BCUT2D eigenvalue weighted by molar-refractivity contribution is -0.128. The number of Topliss-reactive ketones (excluding diaryl/α,β-unsaturated/α-hetero) is 1. The maximum Gasteiger partial charge on any atom is 0.408 e. The Labute approximate surface area is 194 Å². The molecule has 0 bridgehead atoms. The summed E-state index contributed by atoms with van der Waals surface area (Å²) in [5.41, 5.74) is -1.79. The summed E-state index contributed by atoms with van der Waals surface area (Å²) in [6, 6.07) is -0.835. The van der Waals surface area contributed by atoms with Gasteiger partial charge in [0.05, 0.1) is 6.04 Å². The fraction of sp³-hybridized carbons (Fsp3) is 0.773. The fourth-order valence-electron chi connectivity index (χ4n) is 3.59. The highest BCUT2D eigenvalue weighted by Gasteiger charge is 2.45. The van der Waals surface area contributed by atoms with Crippen molar-refractivity contribution in [3.63, 3.8) is 0 Å². The highest BCUT2D eigenvalue weighted by Crippen LogP contribution is 2.31. The molecular formula is C22H36N4O5S. The van der Waals surface area contributed by atoms with Gasteiger partial charge in [-0.1, -0.05) is 52.3 Å². The number of amides is 2. The largest absolute Gasteiger partial charge is 0.444 e. The van der Waals surface area contributed by atoms with E-state index < -0.39 is 35.0 Å². The number of rotatable bonds is 9. The number of thioether (sulfide) groups is 1. The third-order valence-electron chi connectivity index (χ3n) is 4.91. The summed E-state index contributed by atoms with van der Waals surface area (Å²) in [6.07, 6.45) is 2.32. The van der Waals surface area contributed by atoms with Crippen molar-refractivity contribution in [3.8, 4) is 0 Å². The molecule has 0 aromatic carbocycles. The van der Waals surface area contributed by atoms with Crippen molar-refractivity contribution < 1.29 is 23.5 Å². The molecular weight excluding hydrogens is 432 g/mol. The van der Waals surface area contributed by atoms with Gasteiger partial charge in [0, 0.05) is 5.25 Å². The summed E-state index contributed by atoms with van der Waals surface area (Å²) in [4.78, 5) is 38.9. The van der Waals surface area contributed by atoms with Gasteiger partial charge in [-0.05, 0) is 46.0 Å². The predicted molar refractivity (Wildman–Crippen MR) is 122 cm³/mol. The minimum absolute atomic E-state index is 0.125. The van der Waals surface area contributed by atoms with Gasteiger partial charge in [0.15, 0.2) is 0 Å². The van der Waals surface area contributed by atoms with Crippen molar-refractivity contribution in [3.05, 3.63) is 5.89 Å². The first-order valence-corrected chi connectivity index (χ1v) is 12.1. The Bertz CT molecular complexity index is 809. The van der Waals surface area contributed by atoms with Crippen molar-refractivity contribution in [2.45, 2.75) is 108 Å². The van der Waals surface area contributed by atoms with Crippen LogP contribution < -0.4 is 10.6 Å². The molecule has 1 aromatic heterocycles. The first-order chi connectivity index (χ1) is 14.8. The van der Waals surface area contributed by atoms with Gasteiger partial charge >= 0.3 is 6.09 Å². The number of hydrogen-bond donors (Lipinski definition) is 2. The smallest absolute Gasteiger partial charge is 0.408 e. The van der Waals surface area contributed by atoms with Gasteiger partial charge in [-0.2, -0.15) is 0 Å². The molecule has 9 nitrogen and oxygen atoms in total. The third kappa shape index (κ3) is 7.50. The lowest BCUT2D eigenvalue weighted by Crippen LogP contribution is -2.60. The standard InChI is InChI=1S/C22H36N4O5S/c1-13(2)12-15(16(27)17-25-26-20(30-17)32-14(3)4)23-18(28)22(10-8-9-11-22)24-19(29)31-21(5,6)7/h13-15H,8-12H2,1-7H3,(H,23,28)(H,24,29)/t15-/m0/s1. The molecule has 1 aromatic rings. The van der Waals surface area contributed by atoms with Gasteiger partial charge in [-0.25, -0.2) is 4.79 Å². The van der Waals surface area contributed by atoms with Crippen LogP contribution in [0, 0.1) is 5.92 Å². The van der Waals surface area contributed by atoms with E-state index in [1.165, 1.54) is 11.8 Å². The molecule has 1 saturated carbocycles. The molecule has 1 fully saturated rings. The number of hydrogen-bond acceptors (Lipinski definition) is 8. The van der Waals surface area contributed by atoms with E-state index in [4.69, 9.17) is 9.15 Å². The van der Waals surface area contributed by atoms with Crippen LogP contribution >= 0.6 is 11.8 Å². The molecule has 1 heterocycles. The molecule has 2 rings (SSSR count). The minimum atomic E-state index is -1.11. The van der Waals surface area contributed by atoms with Crippen molar-refractivity contribution in [2.75, 3.05) is 0 Å². The van der Waals surface area contributed by atoms with Crippen LogP contribution in [0.1, 0.15) is 91.3 Å². The van der Waals surface area contributed by atoms with Crippen LogP contribution in [-0.2, 0) is 9.53 Å². The normalized spacial score (nSPS) is 16.8. The average molecular weight is 469 g/mol. The molecule has 0 radical (unpaired) electrons. The molecule has 2 N–H and O–H groups in total. The summed E-state index contributed by atoms with van der Waals surface area (Å²) in [5.74, 6) is -0.813. The molecule has 10 heteroatoms. The predicted octanol–water partition coefficient (Wildman–Crippen LogP) is 4.12. The zero-order valence-electron chi connectivity index (χ0n) is 20.1. The van der Waals surface area contributed by atoms with Gasteiger partial charge in [0.25, 0.3) is 11.1 Å². The Hall–Kier alpha value is -2.10. The van der Waals surface area contributed by atoms with Crippen LogP contribution in [0.3, 0.4) is 0 Å². The SMILES string of the molecule is CC(C)C[C@H](NC(=O)C1(NC(=O)OC(C)(C)C)CCCC1)C(=O)c1nnc(SC(C)C)o1. The van der Waals surface area contributed by atoms with Crippen molar-refractivity contribution in [1.29, 1.82) is 0 Å². The monoisotopic (exact) mass is 468 g/mol. The summed E-state index contributed by atoms with van der Waals surface area (Å²) in [7, 11) is 0. The van der Waals surface area contributed by atoms with Gasteiger partial charge in [-0.15, -0.1) is 10.2 Å². The first-order valence-electron chi connectivity index (χ1n) is 11.2. The third-order valence-corrected chi connectivity index (χ3v) is 5.75. The van der Waals surface area contributed by atoms with E-state index in [-0.39, 0.29) is 17.1 Å². The van der Waals surface area contributed by atoms with E-state index >= 15 is 0 Å². The van der Waals surface area contributed by atoms with Gasteiger partial charge in [0.2, 0.25) is 11.7 Å². The van der Waals surface area contributed by atoms with E-state index in [9.17, 15) is 14.4 Å². The maximum atomic E-state index is 13.3. The van der Waals surface area contributed by atoms with Crippen LogP contribution in [0.25, 0.3) is 0 Å². The van der Waals surface area contributed by atoms with Crippen LogP contribution in [0.4, 0.5) is 4.79 Å². The lowest BCUT2D eigenvalue weighted by atomic mass is 9.94. The first kappa shape index (κ1) is 26.2. The summed E-state index contributed by atoms with van der Waals surface area (Å²) < 4.78 is 10.9. The Kier molecular flexibility index (Phi) is 8.73. The minimum Gasteiger partial charge on any atom is -0.444 e. The van der Waals surface area contributed by atoms with E-state index in [1.54, 1.807) is 20.8 Å². The summed E-state index contributed by atoms with van der Waals surface area (Å²) >= 11 is 1.37. The highest BCUT2D eigenvalue weighted by atomic mass is 32.2. The van der Waals surface area contributed by atoms with E-state index in [2.05, 4.69) is 20.8 Å². The van der Waals surface area contributed by atoms with Gasteiger partial charge in [0.1, 0.15) is 11.1 Å². The van der Waals surface area contributed by atoms with E-state index in [0.29, 0.717) is 24.5 Å². The zero-order valence-corrected chi connectivity index (χ0v) is 20.9. The number of nitrogens with zero attached hydrogens (tertiary/aromatic N) is 2. The number of aromatic nitrogens is 2. The van der Waals surface area contributed by atoms with Gasteiger partial charge < -0.3 is 19.8 Å². The molecule has 1 aliphatic rings. The number of ether oxygens (including phenoxy) is 1. The Morgan fingerprint density at radius 1 is 1.12 bits per heavy atom. The number of ketones is 1.